The van der Waals surface area contributed by atoms with Gasteiger partial charge in [-0.2, -0.15) is 0 Å². The van der Waals surface area contributed by atoms with E-state index in [0.717, 1.165) is 11.3 Å². The minimum atomic E-state index is -0.760. The van der Waals surface area contributed by atoms with Crippen molar-refractivity contribution in [3.05, 3.63) is 70.9 Å². The number of nitrogens with zero attached hydrogens (tertiary/aromatic N) is 1. The molecule has 0 N–H and O–H groups in total. The summed E-state index contributed by atoms with van der Waals surface area (Å²) in [5.41, 5.74) is 3.71. The second kappa shape index (κ2) is 10.9. The summed E-state index contributed by atoms with van der Waals surface area (Å²) >= 11 is 0. The Morgan fingerprint density at radius 1 is 1.00 bits per heavy atom. The Labute approximate surface area is 205 Å². The number of Topliss-reactive ketones (excluding diaryl/α,β-unsaturated/α-hetero) is 1. The minimum absolute atomic E-state index is 0.0130. The van der Waals surface area contributed by atoms with Gasteiger partial charge in [-0.3, -0.25) is 14.6 Å². The number of benzene rings is 2. The van der Waals surface area contributed by atoms with Crippen LogP contribution in [0.15, 0.2) is 64.8 Å². The van der Waals surface area contributed by atoms with E-state index < -0.39 is 17.8 Å². The topological polar surface area (TPSA) is 83.4 Å². The molecule has 0 spiro atoms. The van der Waals surface area contributed by atoms with Crippen molar-refractivity contribution in [2.75, 3.05) is 34.5 Å². The number of ether oxygens (including phenoxy) is 4. The van der Waals surface area contributed by atoms with Crippen LogP contribution in [0.25, 0.3) is 0 Å². The van der Waals surface area contributed by atoms with E-state index >= 15 is 0 Å². The van der Waals surface area contributed by atoms with Gasteiger partial charge in [0.05, 0.1) is 20.8 Å². The minimum Gasteiger partial charge on any atom is -0.497 e. The van der Waals surface area contributed by atoms with Crippen molar-refractivity contribution in [1.29, 1.82) is 0 Å². The molecule has 1 aliphatic heterocycles. The molecule has 2 aromatic rings. The van der Waals surface area contributed by atoms with E-state index in [2.05, 4.69) is 0 Å². The monoisotopic (exact) mass is 477 g/mol. The third kappa shape index (κ3) is 5.00. The maximum atomic E-state index is 13.7. The summed E-state index contributed by atoms with van der Waals surface area (Å²) in [6.07, 6.45) is 0.974. The van der Waals surface area contributed by atoms with Crippen LogP contribution in [-0.4, -0.2) is 52.0 Å². The number of rotatable bonds is 8. The zero-order valence-corrected chi connectivity index (χ0v) is 20.6. The highest BCUT2D eigenvalue weighted by Gasteiger charge is 2.45. The van der Waals surface area contributed by atoms with Crippen molar-refractivity contribution in [1.82, 2.24) is 0 Å². The Hall–Kier alpha value is -3.45. The summed E-state index contributed by atoms with van der Waals surface area (Å²) < 4.78 is 21.7. The van der Waals surface area contributed by atoms with Crippen molar-refractivity contribution in [2.24, 2.45) is 10.9 Å². The molecule has 35 heavy (non-hydrogen) atoms. The van der Waals surface area contributed by atoms with E-state index in [0.29, 0.717) is 41.2 Å². The zero-order chi connectivity index (χ0) is 24.9. The van der Waals surface area contributed by atoms with Gasteiger partial charge in [0.1, 0.15) is 24.0 Å². The average Bonchev–Trinajstić information content (AvgIpc) is 2.87. The third-order valence-electron chi connectivity index (χ3n) is 6.72. The first-order valence-corrected chi connectivity index (χ1v) is 11.7. The predicted molar refractivity (Wildman–Crippen MR) is 132 cm³/mol. The van der Waals surface area contributed by atoms with Crippen LogP contribution in [0.2, 0.25) is 0 Å². The van der Waals surface area contributed by atoms with E-state index in [9.17, 15) is 9.59 Å². The van der Waals surface area contributed by atoms with E-state index in [1.165, 1.54) is 0 Å². The molecule has 1 aliphatic carbocycles. The Balaban J connectivity index is 1.82. The average molecular weight is 478 g/mol. The number of hydrogen-bond acceptors (Lipinski definition) is 7. The van der Waals surface area contributed by atoms with Gasteiger partial charge in [0.2, 0.25) is 0 Å². The van der Waals surface area contributed by atoms with Gasteiger partial charge in [0, 0.05) is 42.0 Å². The molecular weight excluding hydrogens is 446 g/mol. The maximum Gasteiger partial charge on any atom is 0.315 e. The molecule has 1 heterocycles. The summed E-state index contributed by atoms with van der Waals surface area (Å²) in [6, 6.07) is 15.4. The lowest BCUT2D eigenvalue weighted by atomic mass is 9.69. The Bertz CT molecular complexity index is 1150. The molecule has 1 unspecified atom stereocenters. The number of aliphatic imine (C=N–C) groups is 1. The number of ketones is 1. The van der Waals surface area contributed by atoms with Crippen molar-refractivity contribution in [3.63, 3.8) is 0 Å². The van der Waals surface area contributed by atoms with Crippen molar-refractivity contribution < 1.29 is 28.5 Å². The fourth-order valence-electron chi connectivity index (χ4n) is 5.06. The van der Waals surface area contributed by atoms with Gasteiger partial charge < -0.3 is 18.9 Å². The van der Waals surface area contributed by atoms with Crippen molar-refractivity contribution in [3.8, 4) is 11.5 Å². The lowest BCUT2D eigenvalue weighted by molar-refractivity contribution is -0.147. The number of carbonyl (C=O) groups excluding carboxylic acids is 2. The smallest absolute Gasteiger partial charge is 0.315 e. The quantitative estimate of drug-likeness (QED) is 0.412. The van der Waals surface area contributed by atoms with E-state index in [1.807, 2.05) is 43.3 Å². The SMILES string of the molecule is COCCOC(=O)C1C(C)=NC2=C(C(=O)C[C@@H](c3ccccc3)C2)[C@H]1c1cc(OC)ccc1OC. The molecule has 0 fully saturated rings. The maximum absolute atomic E-state index is 13.7. The molecular formula is C28H31NO6. The third-order valence-corrected chi connectivity index (χ3v) is 6.72. The molecule has 0 aromatic heterocycles. The summed E-state index contributed by atoms with van der Waals surface area (Å²) in [5, 5.41) is 0. The molecule has 7 heteroatoms. The second-order valence-corrected chi connectivity index (χ2v) is 8.78. The van der Waals surface area contributed by atoms with Crippen LogP contribution >= 0.6 is 0 Å². The summed E-state index contributed by atoms with van der Waals surface area (Å²) in [6.45, 7) is 2.23. The van der Waals surface area contributed by atoms with Crippen LogP contribution in [0.3, 0.4) is 0 Å². The number of esters is 1. The van der Waals surface area contributed by atoms with Crippen LogP contribution in [0.5, 0.6) is 11.5 Å². The Morgan fingerprint density at radius 3 is 2.46 bits per heavy atom. The molecule has 2 aromatic carbocycles. The van der Waals surface area contributed by atoms with Gasteiger partial charge >= 0.3 is 5.97 Å². The van der Waals surface area contributed by atoms with Gasteiger partial charge in [0.25, 0.3) is 0 Å². The number of methoxy groups -OCH3 is 3. The molecule has 4 rings (SSSR count). The van der Waals surface area contributed by atoms with Gasteiger partial charge in [-0.05, 0) is 43.0 Å². The number of hydrogen-bond donors (Lipinski definition) is 0. The largest absolute Gasteiger partial charge is 0.497 e. The second-order valence-electron chi connectivity index (χ2n) is 8.78. The molecule has 0 saturated carbocycles. The first-order chi connectivity index (χ1) is 17.0. The molecule has 0 bridgehead atoms. The molecule has 0 radical (unpaired) electrons. The van der Waals surface area contributed by atoms with Crippen LogP contribution in [0.1, 0.15) is 42.7 Å². The summed E-state index contributed by atoms with van der Waals surface area (Å²) in [7, 11) is 4.70. The molecule has 2 aliphatic rings. The van der Waals surface area contributed by atoms with E-state index in [-0.39, 0.29) is 24.9 Å². The van der Waals surface area contributed by atoms with Gasteiger partial charge in [-0.25, -0.2) is 0 Å². The normalized spacial score (nSPS) is 21.8. The van der Waals surface area contributed by atoms with Gasteiger partial charge in [-0.1, -0.05) is 30.3 Å². The summed E-state index contributed by atoms with van der Waals surface area (Å²) in [5.74, 6) is -0.582. The Kier molecular flexibility index (Phi) is 7.66. The zero-order valence-electron chi connectivity index (χ0n) is 20.6. The lowest BCUT2D eigenvalue weighted by Crippen LogP contribution is -2.38. The van der Waals surface area contributed by atoms with E-state index in [4.69, 9.17) is 23.9 Å². The first kappa shape index (κ1) is 24.7. The highest BCUT2D eigenvalue weighted by atomic mass is 16.6. The number of allylic oxidation sites excluding steroid dienone is 2. The molecule has 184 valence electrons. The van der Waals surface area contributed by atoms with Crippen LogP contribution in [-0.2, 0) is 19.1 Å². The molecule has 0 amide bonds. The van der Waals surface area contributed by atoms with Crippen molar-refractivity contribution in [2.45, 2.75) is 31.6 Å². The van der Waals surface area contributed by atoms with E-state index in [1.54, 1.807) is 33.5 Å². The lowest BCUT2D eigenvalue weighted by Gasteiger charge is -2.37. The van der Waals surface area contributed by atoms with Gasteiger partial charge in [-0.15, -0.1) is 0 Å². The van der Waals surface area contributed by atoms with Crippen molar-refractivity contribution >= 4 is 17.5 Å². The van der Waals surface area contributed by atoms with Crippen LogP contribution in [0, 0.1) is 5.92 Å². The Morgan fingerprint density at radius 2 is 1.77 bits per heavy atom. The predicted octanol–water partition coefficient (Wildman–Crippen LogP) is 4.47. The fourth-order valence-corrected chi connectivity index (χ4v) is 5.06. The first-order valence-electron chi connectivity index (χ1n) is 11.7. The standard InChI is InChI=1S/C28H31NO6/c1-17-25(28(31)35-13-12-32-2)26(21-16-20(33-3)10-11-24(21)34-4)27-22(29-17)14-19(15-23(27)30)18-8-6-5-7-9-18/h5-11,16,19,25-26H,12-15H2,1-4H3/t19-,25?,26-/m0/s1. The van der Waals surface area contributed by atoms with Gasteiger partial charge in [0.15, 0.2) is 5.78 Å². The highest BCUT2D eigenvalue weighted by Crippen LogP contribution is 2.49. The molecule has 0 saturated heterocycles. The summed E-state index contributed by atoms with van der Waals surface area (Å²) in [4.78, 5) is 31.8. The fraction of sp³-hybridized carbons (Fsp3) is 0.393. The molecule has 7 nitrogen and oxygen atoms in total. The highest BCUT2D eigenvalue weighted by molar-refractivity contribution is 6.09. The molecule has 3 atom stereocenters. The number of carbonyl (C=O) groups is 2. The van der Waals surface area contributed by atoms with Crippen LogP contribution in [0.4, 0.5) is 0 Å². The van der Waals surface area contributed by atoms with Crippen LogP contribution < -0.4 is 9.47 Å².